The minimum atomic E-state index is -0.529. The normalized spacial score (nSPS) is 11.5. The third kappa shape index (κ3) is 4.82. The molecule has 1 aliphatic rings. The Morgan fingerprint density at radius 3 is 2.10 bits per heavy atom. The summed E-state index contributed by atoms with van der Waals surface area (Å²) < 4.78 is 17.8. The molecular formula is C20H23N5O6. The molecule has 1 aliphatic heterocycles. The number of hydrogen-bond acceptors (Lipinski definition) is 8. The van der Waals surface area contributed by atoms with Gasteiger partial charge in [-0.05, 0) is 23.3 Å². The molecule has 0 saturated heterocycles. The number of nitrogens with one attached hydrogen (secondary N) is 2. The number of carbonyl (C=O) groups is 3. The zero-order valence-corrected chi connectivity index (χ0v) is 17.9. The lowest BCUT2D eigenvalue weighted by atomic mass is 9.98. The van der Waals surface area contributed by atoms with E-state index in [1.165, 1.54) is 20.8 Å². The number of carbonyl (C=O) groups excluding carboxylic acids is 3. The molecule has 2 N–H and O–H groups in total. The largest absolute Gasteiger partial charge is 0.493 e. The SMILES string of the molecule is COc1cc2c(cc1OC)Cn1c(N=C(NC(C)=O)NC(C)=O)nc(OC(C)=O)c1C2. The Balaban J connectivity index is 2.10. The number of benzene rings is 1. The third-order valence-electron chi connectivity index (χ3n) is 4.45. The maximum absolute atomic E-state index is 11.6. The van der Waals surface area contributed by atoms with Crippen molar-refractivity contribution in [3.05, 3.63) is 29.0 Å². The lowest BCUT2D eigenvalue weighted by Gasteiger charge is -2.22. The van der Waals surface area contributed by atoms with Crippen LogP contribution in [0, 0.1) is 0 Å². The first kappa shape index (κ1) is 21.8. The lowest BCUT2D eigenvalue weighted by Crippen LogP contribution is -2.42. The number of esters is 1. The van der Waals surface area contributed by atoms with Gasteiger partial charge < -0.3 is 18.8 Å². The van der Waals surface area contributed by atoms with Crippen LogP contribution in [0.2, 0.25) is 0 Å². The standard InChI is InChI=1S/C20H23N5O6/c1-10(26)21-19(22-11(2)27)24-20-23-18(31-12(3)28)15-6-13-7-16(29-4)17(30-5)8-14(13)9-25(15)20/h7-8H,6,9H2,1-5H3,(H2,21,22,23,24,26,27). The fourth-order valence-corrected chi connectivity index (χ4v) is 3.24. The summed E-state index contributed by atoms with van der Waals surface area (Å²) in [5, 5.41) is 4.90. The van der Waals surface area contributed by atoms with Gasteiger partial charge in [-0.15, -0.1) is 0 Å². The van der Waals surface area contributed by atoms with Crippen LogP contribution in [-0.2, 0) is 27.3 Å². The van der Waals surface area contributed by atoms with E-state index in [1.54, 1.807) is 18.8 Å². The number of rotatable bonds is 4. The van der Waals surface area contributed by atoms with Crippen molar-refractivity contribution in [1.82, 2.24) is 20.2 Å². The molecule has 11 heteroatoms. The summed E-state index contributed by atoms with van der Waals surface area (Å²) in [4.78, 5) is 43.2. The number of imidazole rings is 1. The second-order valence-corrected chi connectivity index (χ2v) is 6.82. The van der Waals surface area contributed by atoms with Gasteiger partial charge in [-0.3, -0.25) is 25.0 Å². The highest BCUT2D eigenvalue weighted by atomic mass is 16.5. The Bertz CT molecular complexity index is 1070. The van der Waals surface area contributed by atoms with Crippen molar-refractivity contribution < 1.29 is 28.6 Å². The van der Waals surface area contributed by atoms with Gasteiger partial charge in [-0.1, -0.05) is 0 Å². The molecule has 0 fully saturated rings. The highest BCUT2D eigenvalue weighted by Crippen LogP contribution is 2.38. The molecule has 0 bridgehead atoms. The van der Waals surface area contributed by atoms with Crippen molar-refractivity contribution in [2.75, 3.05) is 14.2 Å². The van der Waals surface area contributed by atoms with E-state index in [1.807, 2.05) is 12.1 Å². The molecule has 0 saturated carbocycles. The van der Waals surface area contributed by atoms with Crippen molar-refractivity contribution in [2.24, 2.45) is 4.99 Å². The van der Waals surface area contributed by atoms with E-state index in [9.17, 15) is 14.4 Å². The van der Waals surface area contributed by atoms with E-state index >= 15 is 0 Å². The Hall–Kier alpha value is -3.89. The van der Waals surface area contributed by atoms with Crippen molar-refractivity contribution in [1.29, 1.82) is 0 Å². The van der Waals surface area contributed by atoms with E-state index in [2.05, 4.69) is 20.6 Å². The van der Waals surface area contributed by atoms with Crippen LogP contribution < -0.4 is 24.8 Å². The van der Waals surface area contributed by atoms with Crippen LogP contribution >= 0.6 is 0 Å². The molecular weight excluding hydrogens is 406 g/mol. The average molecular weight is 429 g/mol. The van der Waals surface area contributed by atoms with Gasteiger partial charge in [0.1, 0.15) is 0 Å². The summed E-state index contributed by atoms with van der Waals surface area (Å²) in [6, 6.07) is 3.73. The zero-order chi connectivity index (χ0) is 22.7. The molecule has 164 valence electrons. The van der Waals surface area contributed by atoms with E-state index < -0.39 is 17.8 Å². The number of methoxy groups -OCH3 is 2. The van der Waals surface area contributed by atoms with Crippen molar-refractivity contribution >= 4 is 29.7 Å². The van der Waals surface area contributed by atoms with Crippen molar-refractivity contribution in [3.8, 4) is 17.4 Å². The summed E-state index contributed by atoms with van der Waals surface area (Å²) in [7, 11) is 3.11. The van der Waals surface area contributed by atoms with Crippen molar-refractivity contribution in [2.45, 2.75) is 33.7 Å². The fraction of sp³-hybridized carbons (Fsp3) is 0.350. The van der Waals surface area contributed by atoms with Gasteiger partial charge in [-0.25, -0.2) is 0 Å². The maximum Gasteiger partial charge on any atom is 0.309 e. The molecule has 0 spiro atoms. The Kier molecular flexibility index (Phi) is 6.23. The Labute approximate surface area is 178 Å². The quantitative estimate of drug-likeness (QED) is 0.360. The monoisotopic (exact) mass is 429 g/mol. The number of ether oxygens (including phenoxy) is 3. The minimum Gasteiger partial charge on any atom is -0.493 e. The van der Waals surface area contributed by atoms with Crippen molar-refractivity contribution in [3.63, 3.8) is 0 Å². The first-order valence-electron chi connectivity index (χ1n) is 9.37. The van der Waals surface area contributed by atoms with Gasteiger partial charge >= 0.3 is 5.97 Å². The summed E-state index contributed by atoms with van der Waals surface area (Å²) in [5.41, 5.74) is 2.52. The molecule has 11 nitrogen and oxygen atoms in total. The first-order chi connectivity index (χ1) is 14.7. The molecule has 3 rings (SSSR count). The van der Waals surface area contributed by atoms with Gasteiger partial charge in [0.25, 0.3) is 0 Å². The summed E-state index contributed by atoms with van der Waals surface area (Å²) in [6.45, 7) is 4.21. The van der Waals surface area contributed by atoms with Gasteiger partial charge in [0.2, 0.25) is 29.6 Å². The molecule has 2 aromatic rings. The highest BCUT2D eigenvalue weighted by molar-refractivity contribution is 6.04. The smallest absolute Gasteiger partial charge is 0.309 e. The number of fused-ring (bicyclic) bond motifs is 2. The van der Waals surface area contributed by atoms with Crippen LogP contribution in [0.25, 0.3) is 0 Å². The number of aromatic nitrogens is 2. The first-order valence-corrected chi connectivity index (χ1v) is 9.37. The second kappa shape index (κ2) is 8.86. The molecule has 0 aliphatic carbocycles. The molecule has 1 aromatic heterocycles. The summed E-state index contributed by atoms with van der Waals surface area (Å²) in [6.07, 6.45) is 0.399. The Morgan fingerprint density at radius 2 is 1.58 bits per heavy atom. The number of hydrogen-bond donors (Lipinski definition) is 2. The number of amides is 2. The van der Waals surface area contributed by atoms with E-state index in [0.717, 1.165) is 11.1 Å². The third-order valence-corrected chi connectivity index (χ3v) is 4.45. The molecule has 2 amide bonds. The van der Waals surface area contributed by atoms with Gasteiger partial charge in [0, 0.05) is 27.2 Å². The molecule has 2 heterocycles. The number of aliphatic imine (C=N–C) groups is 1. The predicted octanol–water partition coefficient (Wildman–Crippen LogP) is 1.04. The van der Waals surface area contributed by atoms with E-state index in [-0.39, 0.29) is 17.8 Å². The van der Waals surface area contributed by atoms with Crippen LogP contribution in [0.1, 0.15) is 37.6 Å². The summed E-state index contributed by atoms with van der Waals surface area (Å²) >= 11 is 0. The molecule has 0 unspecified atom stereocenters. The number of nitrogens with zero attached hydrogens (tertiary/aromatic N) is 3. The highest BCUT2D eigenvalue weighted by Gasteiger charge is 2.27. The van der Waals surface area contributed by atoms with Crippen LogP contribution in [-0.4, -0.2) is 47.5 Å². The topological polar surface area (TPSA) is 133 Å². The van der Waals surface area contributed by atoms with E-state index in [0.29, 0.717) is 30.2 Å². The summed E-state index contributed by atoms with van der Waals surface area (Å²) in [5.74, 6) is -0.0207. The molecule has 1 aromatic carbocycles. The predicted molar refractivity (Wildman–Crippen MR) is 110 cm³/mol. The van der Waals surface area contributed by atoms with Gasteiger partial charge in [0.05, 0.1) is 26.5 Å². The van der Waals surface area contributed by atoms with Gasteiger partial charge in [0.15, 0.2) is 11.5 Å². The Morgan fingerprint density at radius 1 is 1.00 bits per heavy atom. The minimum absolute atomic E-state index is 0.0831. The average Bonchev–Trinajstić information content (AvgIpc) is 2.99. The van der Waals surface area contributed by atoms with E-state index in [4.69, 9.17) is 14.2 Å². The molecule has 0 atom stereocenters. The molecule has 0 radical (unpaired) electrons. The molecule has 31 heavy (non-hydrogen) atoms. The van der Waals surface area contributed by atoms with Crippen LogP contribution in [0.3, 0.4) is 0 Å². The second-order valence-electron chi connectivity index (χ2n) is 6.82. The maximum atomic E-state index is 11.6. The lowest BCUT2D eigenvalue weighted by molar-refractivity contribution is -0.132. The fourth-order valence-electron chi connectivity index (χ4n) is 3.24. The number of guanidine groups is 1. The zero-order valence-electron chi connectivity index (χ0n) is 17.9. The van der Waals surface area contributed by atoms with Gasteiger partial charge in [-0.2, -0.15) is 9.98 Å². The van der Waals surface area contributed by atoms with Crippen LogP contribution in [0.5, 0.6) is 17.4 Å². The van der Waals surface area contributed by atoms with Crippen LogP contribution in [0.4, 0.5) is 5.95 Å². The van der Waals surface area contributed by atoms with Crippen LogP contribution in [0.15, 0.2) is 17.1 Å².